The van der Waals surface area contributed by atoms with Crippen LogP contribution in [0.4, 0.5) is 0 Å². The second-order valence-electron chi connectivity index (χ2n) is 6.47. The molecule has 0 saturated carbocycles. The molecule has 2 heterocycles. The van der Waals surface area contributed by atoms with E-state index >= 15 is 0 Å². The van der Waals surface area contributed by atoms with Crippen LogP contribution in [-0.2, 0) is 16.6 Å². The molecule has 1 aromatic heterocycles. The van der Waals surface area contributed by atoms with Crippen LogP contribution in [-0.4, -0.2) is 61.7 Å². The van der Waals surface area contributed by atoms with Crippen molar-refractivity contribution in [3.8, 4) is 5.88 Å². The molecule has 1 fully saturated rings. The van der Waals surface area contributed by atoms with Crippen LogP contribution in [0.3, 0.4) is 0 Å². The second-order valence-corrected chi connectivity index (χ2v) is 8.41. The lowest BCUT2D eigenvalue weighted by Gasteiger charge is -2.34. The molecule has 1 aromatic carbocycles. The first-order valence-electron chi connectivity index (χ1n) is 8.72. The van der Waals surface area contributed by atoms with Gasteiger partial charge in [-0.25, -0.2) is 13.4 Å². The van der Waals surface area contributed by atoms with E-state index in [0.717, 1.165) is 12.1 Å². The van der Waals surface area contributed by atoms with Crippen LogP contribution in [0.1, 0.15) is 22.8 Å². The zero-order valence-corrected chi connectivity index (χ0v) is 16.3. The van der Waals surface area contributed by atoms with Crippen molar-refractivity contribution in [3.63, 3.8) is 0 Å². The fraction of sp³-hybridized carbons (Fsp3) is 0.368. The maximum atomic E-state index is 12.8. The van der Waals surface area contributed by atoms with Crippen molar-refractivity contribution < 1.29 is 17.9 Å². The fourth-order valence-corrected chi connectivity index (χ4v) is 4.44. The highest BCUT2D eigenvalue weighted by atomic mass is 32.2. The van der Waals surface area contributed by atoms with E-state index in [1.807, 2.05) is 12.1 Å². The number of nitrogens with zero attached hydrogens (tertiary/aromatic N) is 3. The number of sulfonamides is 1. The average Bonchev–Trinajstić information content (AvgIpc) is 2.69. The number of benzene rings is 1. The number of Topliss-reactive ketones (excluding diaryl/α,β-unsaturated/α-hetero) is 1. The Bertz CT molecular complexity index is 888. The topological polar surface area (TPSA) is 79.8 Å². The molecule has 0 amide bonds. The van der Waals surface area contributed by atoms with Gasteiger partial charge in [-0.3, -0.25) is 9.69 Å². The molecule has 0 bridgehead atoms. The minimum absolute atomic E-state index is 0.0828. The Balaban J connectivity index is 1.61. The Morgan fingerprint density at radius 3 is 2.26 bits per heavy atom. The SMILES string of the molecule is COc1ccc(CN2CCN(S(=O)(=O)c3ccc(C(C)=O)cc3)CC2)cn1. The number of aromatic nitrogens is 1. The van der Waals surface area contributed by atoms with E-state index < -0.39 is 10.0 Å². The van der Waals surface area contributed by atoms with E-state index in [4.69, 9.17) is 4.74 Å². The van der Waals surface area contributed by atoms with Gasteiger partial charge in [-0.2, -0.15) is 4.31 Å². The maximum absolute atomic E-state index is 12.8. The summed E-state index contributed by atoms with van der Waals surface area (Å²) in [6.07, 6.45) is 1.78. The smallest absolute Gasteiger partial charge is 0.243 e. The summed E-state index contributed by atoms with van der Waals surface area (Å²) in [7, 11) is -1.96. The van der Waals surface area contributed by atoms with Gasteiger partial charge in [0.25, 0.3) is 0 Å². The van der Waals surface area contributed by atoms with Crippen LogP contribution in [0.5, 0.6) is 5.88 Å². The highest BCUT2D eigenvalue weighted by molar-refractivity contribution is 7.89. The van der Waals surface area contributed by atoms with Crippen LogP contribution in [0.25, 0.3) is 0 Å². The Morgan fingerprint density at radius 2 is 1.74 bits per heavy atom. The third-order valence-electron chi connectivity index (χ3n) is 4.64. The van der Waals surface area contributed by atoms with Gasteiger partial charge in [0.05, 0.1) is 12.0 Å². The van der Waals surface area contributed by atoms with Gasteiger partial charge in [-0.1, -0.05) is 18.2 Å². The van der Waals surface area contributed by atoms with Crippen molar-refractivity contribution in [3.05, 3.63) is 53.7 Å². The predicted molar refractivity (Wildman–Crippen MR) is 101 cm³/mol. The number of carbonyl (C=O) groups is 1. The maximum Gasteiger partial charge on any atom is 0.243 e. The van der Waals surface area contributed by atoms with Crippen molar-refractivity contribution >= 4 is 15.8 Å². The van der Waals surface area contributed by atoms with Crippen LogP contribution in [0.15, 0.2) is 47.5 Å². The first-order valence-corrected chi connectivity index (χ1v) is 10.2. The van der Waals surface area contributed by atoms with Gasteiger partial charge in [0.2, 0.25) is 15.9 Å². The standard InChI is InChI=1S/C19H23N3O4S/c1-15(23)17-4-6-18(7-5-17)27(24,25)22-11-9-21(10-12-22)14-16-3-8-19(26-2)20-13-16/h3-8,13H,9-12,14H2,1-2H3. The second kappa shape index (κ2) is 8.16. The van der Waals surface area contributed by atoms with Gasteiger partial charge < -0.3 is 4.74 Å². The quantitative estimate of drug-likeness (QED) is 0.701. The molecule has 8 heteroatoms. The third kappa shape index (κ3) is 4.52. The van der Waals surface area contributed by atoms with Crippen LogP contribution < -0.4 is 4.74 Å². The molecule has 1 aliphatic rings. The molecule has 3 rings (SSSR count). The summed E-state index contributed by atoms with van der Waals surface area (Å²) in [6, 6.07) is 9.90. The van der Waals surface area contributed by atoms with Crippen molar-refractivity contribution in [2.45, 2.75) is 18.4 Å². The van der Waals surface area contributed by atoms with Gasteiger partial charge in [0.1, 0.15) is 0 Å². The van der Waals surface area contributed by atoms with E-state index in [1.54, 1.807) is 25.4 Å². The van der Waals surface area contributed by atoms with E-state index in [0.29, 0.717) is 37.6 Å². The molecule has 0 atom stereocenters. The van der Waals surface area contributed by atoms with Crippen molar-refractivity contribution in [2.75, 3.05) is 33.3 Å². The zero-order chi connectivity index (χ0) is 19.4. The van der Waals surface area contributed by atoms with E-state index in [9.17, 15) is 13.2 Å². The van der Waals surface area contributed by atoms with E-state index in [2.05, 4.69) is 9.88 Å². The Labute approximate surface area is 159 Å². The molecular formula is C19H23N3O4S. The summed E-state index contributed by atoms with van der Waals surface area (Å²) in [5.41, 5.74) is 1.57. The van der Waals surface area contributed by atoms with Gasteiger partial charge in [0, 0.05) is 50.6 Å². The number of pyridine rings is 1. The Hall–Kier alpha value is -2.29. The summed E-state index contributed by atoms with van der Waals surface area (Å²) < 4.78 is 32.2. The molecule has 1 aliphatic heterocycles. The van der Waals surface area contributed by atoms with Gasteiger partial charge in [0.15, 0.2) is 5.78 Å². The molecule has 0 radical (unpaired) electrons. The molecule has 1 saturated heterocycles. The molecule has 0 spiro atoms. The average molecular weight is 389 g/mol. The largest absolute Gasteiger partial charge is 0.481 e. The van der Waals surface area contributed by atoms with Crippen LogP contribution in [0.2, 0.25) is 0 Å². The molecular weight excluding hydrogens is 366 g/mol. The lowest BCUT2D eigenvalue weighted by molar-refractivity contribution is 0.101. The number of ketones is 1. The van der Waals surface area contributed by atoms with Crippen LogP contribution >= 0.6 is 0 Å². The Kier molecular flexibility index (Phi) is 5.88. The predicted octanol–water partition coefficient (Wildman–Crippen LogP) is 1.80. The molecule has 0 N–H and O–H groups in total. The van der Waals surface area contributed by atoms with Crippen LogP contribution in [0, 0.1) is 0 Å². The lowest BCUT2D eigenvalue weighted by Crippen LogP contribution is -2.48. The Morgan fingerprint density at radius 1 is 1.07 bits per heavy atom. The minimum Gasteiger partial charge on any atom is -0.481 e. The minimum atomic E-state index is -3.54. The number of hydrogen-bond acceptors (Lipinski definition) is 6. The molecule has 0 aliphatic carbocycles. The number of ether oxygens (including phenoxy) is 1. The first-order chi connectivity index (χ1) is 12.9. The zero-order valence-electron chi connectivity index (χ0n) is 15.5. The molecule has 27 heavy (non-hydrogen) atoms. The number of piperazine rings is 1. The highest BCUT2D eigenvalue weighted by Gasteiger charge is 2.28. The lowest BCUT2D eigenvalue weighted by atomic mass is 10.2. The van der Waals surface area contributed by atoms with E-state index in [1.165, 1.54) is 23.4 Å². The third-order valence-corrected chi connectivity index (χ3v) is 6.56. The molecule has 2 aromatic rings. The molecule has 144 valence electrons. The van der Waals surface area contributed by atoms with Crippen molar-refractivity contribution in [2.24, 2.45) is 0 Å². The van der Waals surface area contributed by atoms with Crippen molar-refractivity contribution in [1.29, 1.82) is 0 Å². The summed E-state index contributed by atoms with van der Waals surface area (Å²) in [6.45, 7) is 4.34. The number of carbonyl (C=O) groups excluding carboxylic acids is 1. The summed E-state index contributed by atoms with van der Waals surface area (Å²) >= 11 is 0. The number of rotatable bonds is 6. The number of hydrogen-bond donors (Lipinski definition) is 0. The summed E-state index contributed by atoms with van der Waals surface area (Å²) in [5, 5.41) is 0. The van der Waals surface area contributed by atoms with Gasteiger partial charge in [-0.05, 0) is 24.6 Å². The molecule has 0 unspecified atom stereocenters. The van der Waals surface area contributed by atoms with Gasteiger partial charge in [-0.15, -0.1) is 0 Å². The highest BCUT2D eigenvalue weighted by Crippen LogP contribution is 2.19. The van der Waals surface area contributed by atoms with E-state index in [-0.39, 0.29) is 10.7 Å². The summed E-state index contributed by atoms with van der Waals surface area (Å²) in [4.78, 5) is 18.0. The monoisotopic (exact) mass is 389 g/mol. The normalized spacial score (nSPS) is 16.2. The molecule has 7 nitrogen and oxygen atoms in total. The first kappa shape index (κ1) is 19.5. The number of methoxy groups -OCH3 is 1. The fourth-order valence-electron chi connectivity index (χ4n) is 3.02. The van der Waals surface area contributed by atoms with Crippen molar-refractivity contribution in [1.82, 2.24) is 14.2 Å². The van der Waals surface area contributed by atoms with Gasteiger partial charge >= 0.3 is 0 Å². The summed E-state index contributed by atoms with van der Waals surface area (Å²) in [5.74, 6) is 0.492.